The first-order valence-corrected chi connectivity index (χ1v) is 9.29. The minimum atomic E-state index is -0.497. The zero-order valence-electron chi connectivity index (χ0n) is 14.7. The molecule has 2 amide bonds. The third kappa shape index (κ3) is 5.09. The summed E-state index contributed by atoms with van der Waals surface area (Å²) in [6.45, 7) is 8.83. The predicted octanol–water partition coefficient (Wildman–Crippen LogP) is 3.73. The number of piperidine rings is 1. The predicted molar refractivity (Wildman–Crippen MR) is 102 cm³/mol. The molecule has 0 spiro atoms. The Kier molecular flexibility index (Phi) is 6.11. The van der Waals surface area contributed by atoms with Crippen LogP contribution in [0.15, 0.2) is 18.2 Å². The standard InChI is InChI=1S/C18H25IN2O3/c1-12-6-5-7-14(15(12)19)16(22)21-10-8-13(9-11-21)20-17(23)24-18(2,3)4/h5-7,13H,8-11H2,1-4H3,(H,20,23). The number of halogens is 1. The van der Waals surface area contributed by atoms with E-state index in [0.29, 0.717) is 13.1 Å². The topological polar surface area (TPSA) is 58.6 Å². The molecule has 1 fully saturated rings. The lowest BCUT2D eigenvalue weighted by atomic mass is 10.0. The number of likely N-dealkylation sites (tertiary alicyclic amines) is 1. The van der Waals surface area contributed by atoms with Crippen LogP contribution in [0.1, 0.15) is 49.5 Å². The highest BCUT2D eigenvalue weighted by Gasteiger charge is 2.27. The maximum atomic E-state index is 12.7. The molecule has 0 aliphatic carbocycles. The number of benzene rings is 1. The summed E-state index contributed by atoms with van der Waals surface area (Å²) in [6, 6.07) is 5.86. The molecule has 24 heavy (non-hydrogen) atoms. The number of rotatable bonds is 2. The van der Waals surface area contributed by atoms with Crippen molar-refractivity contribution in [3.8, 4) is 0 Å². The molecule has 1 aromatic carbocycles. The quantitative estimate of drug-likeness (QED) is 0.708. The number of carbonyl (C=O) groups is 2. The highest BCUT2D eigenvalue weighted by molar-refractivity contribution is 14.1. The molecule has 6 heteroatoms. The summed E-state index contributed by atoms with van der Waals surface area (Å²) in [7, 11) is 0. The molecule has 0 aromatic heterocycles. The molecule has 1 heterocycles. The minimum absolute atomic E-state index is 0.0560. The van der Waals surface area contributed by atoms with Gasteiger partial charge in [0, 0.05) is 22.7 Å². The molecule has 5 nitrogen and oxygen atoms in total. The average molecular weight is 444 g/mol. The number of aryl methyl sites for hydroxylation is 1. The summed E-state index contributed by atoms with van der Waals surface area (Å²) in [5.74, 6) is 0.0684. The zero-order chi connectivity index (χ0) is 17.9. The van der Waals surface area contributed by atoms with Crippen LogP contribution in [0.2, 0.25) is 0 Å². The van der Waals surface area contributed by atoms with Crippen molar-refractivity contribution in [1.82, 2.24) is 10.2 Å². The lowest BCUT2D eigenvalue weighted by molar-refractivity contribution is 0.0473. The highest BCUT2D eigenvalue weighted by Crippen LogP contribution is 2.21. The van der Waals surface area contributed by atoms with Crippen LogP contribution in [-0.2, 0) is 4.74 Å². The van der Waals surface area contributed by atoms with E-state index >= 15 is 0 Å². The molecule has 0 bridgehead atoms. The largest absolute Gasteiger partial charge is 0.444 e. The van der Waals surface area contributed by atoms with E-state index in [1.165, 1.54) is 0 Å². The van der Waals surface area contributed by atoms with Crippen LogP contribution < -0.4 is 5.32 Å². The molecule has 1 aromatic rings. The first-order chi connectivity index (χ1) is 11.2. The molecule has 132 valence electrons. The lowest BCUT2D eigenvalue weighted by Crippen LogP contribution is -2.47. The fraction of sp³-hybridized carbons (Fsp3) is 0.556. The normalized spacial score (nSPS) is 16.0. The lowest BCUT2D eigenvalue weighted by Gasteiger charge is -2.33. The van der Waals surface area contributed by atoms with Gasteiger partial charge < -0.3 is 15.0 Å². The molecule has 1 saturated heterocycles. The van der Waals surface area contributed by atoms with Crippen molar-refractivity contribution < 1.29 is 14.3 Å². The minimum Gasteiger partial charge on any atom is -0.444 e. The monoisotopic (exact) mass is 444 g/mol. The number of nitrogens with zero attached hydrogens (tertiary/aromatic N) is 1. The van der Waals surface area contributed by atoms with E-state index in [4.69, 9.17) is 4.74 Å². The Hall–Kier alpha value is -1.31. The Balaban J connectivity index is 1.89. The molecule has 1 aliphatic heterocycles. The van der Waals surface area contributed by atoms with Crippen LogP contribution in [-0.4, -0.2) is 41.6 Å². The Morgan fingerprint density at radius 2 is 1.88 bits per heavy atom. The molecule has 0 atom stereocenters. The number of amides is 2. The van der Waals surface area contributed by atoms with Crippen LogP contribution in [0.25, 0.3) is 0 Å². The van der Waals surface area contributed by atoms with Gasteiger partial charge in [-0.1, -0.05) is 12.1 Å². The summed E-state index contributed by atoms with van der Waals surface area (Å²) < 4.78 is 6.29. The van der Waals surface area contributed by atoms with E-state index in [0.717, 1.165) is 27.5 Å². The van der Waals surface area contributed by atoms with Crippen LogP contribution in [0.5, 0.6) is 0 Å². The van der Waals surface area contributed by atoms with Crippen molar-refractivity contribution in [2.75, 3.05) is 13.1 Å². The number of carbonyl (C=O) groups excluding carboxylic acids is 2. The van der Waals surface area contributed by atoms with Gasteiger partial charge in [-0.15, -0.1) is 0 Å². The van der Waals surface area contributed by atoms with Crippen LogP contribution in [0.4, 0.5) is 4.79 Å². The van der Waals surface area contributed by atoms with Crippen LogP contribution in [0, 0.1) is 10.5 Å². The summed E-state index contributed by atoms with van der Waals surface area (Å²) in [5.41, 5.74) is 1.37. The van der Waals surface area contributed by atoms with Gasteiger partial charge in [-0.25, -0.2) is 4.79 Å². The van der Waals surface area contributed by atoms with Crippen molar-refractivity contribution in [3.05, 3.63) is 32.9 Å². The van der Waals surface area contributed by atoms with E-state index in [1.807, 2.05) is 50.8 Å². The molecule has 0 saturated carbocycles. The van der Waals surface area contributed by atoms with E-state index in [1.54, 1.807) is 0 Å². The third-order valence-corrected chi connectivity index (χ3v) is 5.36. The first-order valence-electron chi connectivity index (χ1n) is 8.21. The molecule has 1 aliphatic rings. The summed E-state index contributed by atoms with van der Waals surface area (Å²) in [6.07, 6.45) is 1.10. The van der Waals surface area contributed by atoms with Gasteiger partial charge >= 0.3 is 6.09 Å². The van der Waals surface area contributed by atoms with Crippen LogP contribution in [0.3, 0.4) is 0 Å². The zero-order valence-corrected chi connectivity index (χ0v) is 16.8. The van der Waals surface area contributed by atoms with Crippen molar-refractivity contribution in [2.45, 2.75) is 52.2 Å². The maximum Gasteiger partial charge on any atom is 0.407 e. The Bertz CT molecular complexity index is 617. The van der Waals surface area contributed by atoms with Crippen molar-refractivity contribution >= 4 is 34.6 Å². The molecular weight excluding hydrogens is 419 g/mol. The summed E-state index contributed by atoms with van der Waals surface area (Å²) in [4.78, 5) is 26.4. The van der Waals surface area contributed by atoms with Gasteiger partial charge in [0.1, 0.15) is 5.60 Å². The number of hydrogen-bond donors (Lipinski definition) is 1. The van der Waals surface area contributed by atoms with Crippen molar-refractivity contribution in [2.24, 2.45) is 0 Å². The average Bonchev–Trinajstić information content (AvgIpc) is 2.48. The Morgan fingerprint density at radius 3 is 2.46 bits per heavy atom. The fourth-order valence-corrected chi connectivity index (χ4v) is 3.27. The molecular formula is C18H25IN2O3. The number of nitrogens with one attached hydrogen (secondary N) is 1. The van der Waals surface area contributed by atoms with E-state index in [9.17, 15) is 9.59 Å². The smallest absolute Gasteiger partial charge is 0.407 e. The van der Waals surface area contributed by atoms with Gasteiger partial charge in [-0.2, -0.15) is 0 Å². The maximum absolute atomic E-state index is 12.7. The number of alkyl carbamates (subject to hydrolysis) is 1. The SMILES string of the molecule is Cc1cccc(C(=O)N2CCC(NC(=O)OC(C)(C)C)CC2)c1I. The van der Waals surface area contributed by atoms with Crippen molar-refractivity contribution in [1.29, 1.82) is 0 Å². The van der Waals surface area contributed by atoms with Gasteiger partial charge in [0.15, 0.2) is 0 Å². The number of ether oxygens (including phenoxy) is 1. The second-order valence-electron chi connectivity index (χ2n) is 7.15. The summed E-state index contributed by atoms with van der Waals surface area (Å²) >= 11 is 2.23. The molecule has 1 N–H and O–H groups in total. The third-order valence-electron chi connectivity index (χ3n) is 3.93. The molecule has 0 unspecified atom stereocenters. The molecule has 2 rings (SSSR count). The van der Waals surface area contributed by atoms with Gasteiger partial charge in [0.05, 0.1) is 5.56 Å². The van der Waals surface area contributed by atoms with E-state index in [2.05, 4.69) is 27.9 Å². The number of hydrogen-bond acceptors (Lipinski definition) is 3. The van der Waals surface area contributed by atoms with Crippen LogP contribution >= 0.6 is 22.6 Å². The first kappa shape index (κ1) is 19.0. The highest BCUT2D eigenvalue weighted by atomic mass is 127. The fourth-order valence-electron chi connectivity index (χ4n) is 2.68. The van der Waals surface area contributed by atoms with Crippen molar-refractivity contribution in [3.63, 3.8) is 0 Å². The van der Waals surface area contributed by atoms with E-state index in [-0.39, 0.29) is 18.0 Å². The van der Waals surface area contributed by atoms with Gasteiger partial charge in [-0.05, 0) is 74.8 Å². The van der Waals surface area contributed by atoms with Gasteiger partial charge in [0.25, 0.3) is 5.91 Å². The second kappa shape index (κ2) is 7.72. The van der Waals surface area contributed by atoms with Gasteiger partial charge in [0.2, 0.25) is 0 Å². The Morgan fingerprint density at radius 1 is 1.25 bits per heavy atom. The summed E-state index contributed by atoms with van der Waals surface area (Å²) in [5, 5.41) is 2.89. The van der Waals surface area contributed by atoms with E-state index < -0.39 is 5.60 Å². The van der Waals surface area contributed by atoms with Gasteiger partial charge in [-0.3, -0.25) is 4.79 Å². The second-order valence-corrected chi connectivity index (χ2v) is 8.23. The Labute approximate surface area is 157 Å². The molecule has 0 radical (unpaired) electrons.